The third-order valence-electron chi connectivity index (χ3n) is 5.11. The van der Waals surface area contributed by atoms with E-state index in [0.717, 1.165) is 4.31 Å². The molecule has 1 aliphatic heterocycles. The van der Waals surface area contributed by atoms with Crippen LogP contribution in [0.25, 0.3) is 12.2 Å². The summed E-state index contributed by atoms with van der Waals surface area (Å²) in [5.41, 5.74) is 1.20. The van der Waals surface area contributed by atoms with Gasteiger partial charge in [0.2, 0.25) is 10.0 Å². The molecule has 1 fully saturated rings. The molecule has 4 rings (SSSR count). The first kappa shape index (κ1) is 23.0. The molecule has 3 aromatic rings. The normalized spacial score (nSPS) is 17.6. The molecule has 8 heteroatoms. The lowest BCUT2D eigenvalue weighted by Crippen LogP contribution is -2.41. The number of nitrogens with zero attached hydrogens (tertiary/aromatic N) is 1. The van der Waals surface area contributed by atoms with Gasteiger partial charge in [-0.25, -0.2) is 17.2 Å². The number of ketones is 1. The first-order valence-corrected chi connectivity index (χ1v) is 11.8. The number of piperidine rings is 1. The fraction of sp³-hybridized carbons (Fsp3) is 0.0800. The van der Waals surface area contributed by atoms with Crippen molar-refractivity contribution < 1.29 is 22.0 Å². The van der Waals surface area contributed by atoms with Crippen LogP contribution in [0.1, 0.15) is 11.1 Å². The van der Waals surface area contributed by atoms with E-state index in [9.17, 15) is 22.0 Å². The molecule has 1 saturated heterocycles. The molecule has 1 aliphatic rings. The van der Waals surface area contributed by atoms with Gasteiger partial charge in [0.1, 0.15) is 11.6 Å². The molecule has 0 unspecified atom stereocenters. The number of carbonyl (C=O) groups is 1. The first-order valence-electron chi connectivity index (χ1n) is 9.95. The van der Waals surface area contributed by atoms with Crippen LogP contribution in [0.5, 0.6) is 0 Å². The smallest absolute Gasteiger partial charge is 0.243 e. The zero-order chi connectivity index (χ0) is 23.6. The number of benzene rings is 3. The molecule has 0 aliphatic carbocycles. The molecule has 0 amide bonds. The molecule has 0 N–H and O–H groups in total. The van der Waals surface area contributed by atoms with Gasteiger partial charge in [0.25, 0.3) is 0 Å². The van der Waals surface area contributed by atoms with Crippen molar-refractivity contribution in [1.82, 2.24) is 4.31 Å². The van der Waals surface area contributed by atoms with Gasteiger partial charge in [-0.3, -0.25) is 4.79 Å². The van der Waals surface area contributed by atoms with Crippen molar-refractivity contribution in [1.29, 1.82) is 0 Å². The highest BCUT2D eigenvalue weighted by Gasteiger charge is 2.34. The van der Waals surface area contributed by atoms with Crippen LogP contribution < -0.4 is 0 Å². The summed E-state index contributed by atoms with van der Waals surface area (Å²) in [6, 6.07) is 17.0. The lowest BCUT2D eigenvalue weighted by Gasteiger charge is -2.29. The zero-order valence-electron chi connectivity index (χ0n) is 17.2. The molecular formula is C25H18ClF2NO3S. The highest BCUT2D eigenvalue weighted by molar-refractivity contribution is 7.89. The van der Waals surface area contributed by atoms with Crippen molar-refractivity contribution in [2.24, 2.45) is 0 Å². The third-order valence-corrected chi connectivity index (χ3v) is 7.17. The maximum absolute atomic E-state index is 13.7. The van der Waals surface area contributed by atoms with Gasteiger partial charge in [-0.05, 0) is 71.8 Å². The SMILES string of the molecule is O=C1/C(=C/c2cccc(F)c2)CN(S(=O)(=O)c2ccc(Cl)cc2)C/C1=C\c1cccc(F)c1. The van der Waals surface area contributed by atoms with Crippen molar-refractivity contribution in [3.63, 3.8) is 0 Å². The van der Waals surface area contributed by atoms with E-state index in [4.69, 9.17) is 11.6 Å². The second kappa shape index (κ2) is 9.39. The van der Waals surface area contributed by atoms with Crippen LogP contribution >= 0.6 is 11.6 Å². The second-order valence-corrected chi connectivity index (χ2v) is 9.88. The second-order valence-electron chi connectivity index (χ2n) is 7.51. The van der Waals surface area contributed by atoms with Gasteiger partial charge in [-0.15, -0.1) is 0 Å². The largest absolute Gasteiger partial charge is 0.289 e. The van der Waals surface area contributed by atoms with Crippen LogP contribution in [0.15, 0.2) is 88.8 Å². The highest BCUT2D eigenvalue weighted by atomic mass is 35.5. The zero-order valence-corrected chi connectivity index (χ0v) is 18.8. The van der Waals surface area contributed by atoms with Gasteiger partial charge in [0.05, 0.1) is 4.90 Å². The van der Waals surface area contributed by atoms with Crippen LogP contribution in [0, 0.1) is 11.6 Å². The van der Waals surface area contributed by atoms with E-state index in [1.54, 1.807) is 12.1 Å². The average molecular weight is 486 g/mol. The summed E-state index contributed by atoms with van der Waals surface area (Å²) in [7, 11) is -3.98. The number of rotatable bonds is 4. The van der Waals surface area contributed by atoms with Crippen LogP contribution in [-0.4, -0.2) is 31.6 Å². The molecule has 0 radical (unpaired) electrons. The van der Waals surface area contributed by atoms with E-state index < -0.39 is 21.7 Å². The Morgan fingerprint density at radius 1 is 0.788 bits per heavy atom. The minimum atomic E-state index is -3.98. The molecule has 0 spiro atoms. The summed E-state index contributed by atoms with van der Waals surface area (Å²) in [6.45, 7) is -0.387. The van der Waals surface area contributed by atoms with E-state index in [-0.39, 0.29) is 34.9 Å². The summed E-state index contributed by atoms with van der Waals surface area (Å²) < 4.78 is 55.1. The number of carbonyl (C=O) groups excluding carboxylic acids is 1. The number of Topliss-reactive ketones (excluding diaryl/α,β-unsaturated/α-hetero) is 1. The van der Waals surface area contributed by atoms with Gasteiger partial charge in [0, 0.05) is 29.3 Å². The highest BCUT2D eigenvalue weighted by Crippen LogP contribution is 2.28. The van der Waals surface area contributed by atoms with Crippen molar-refractivity contribution in [2.45, 2.75) is 4.90 Å². The topological polar surface area (TPSA) is 54.5 Å². The minimum Gasteiger partial charge on any atom is -0.289 e. The van der Waals surface area contributed by atoms with Gasteiger partial charge in [0.15, 0.2) is 5.78 Å². The Morgan fingerprint density at radius 3 is 1.73 bits per heavy atom. The predicted octanol–water partition coefficient (Wildman–Crippen LogP) is 5.36. The van der Waals surface area contributed by atoms with E-state index in [2.05, 4.69) is 0 Å². The van der Waals surface area contributed by atoms with Gasteiger partial charge in [-0.1, -0.05) is 35.9 Å². The summed E-state index contributed by atoms with van der Waals surface area (Å²) in [6.07, 6.45) is 2.93. The van der Waals surface area contributed by atoms with Crippen LogP contribution in [0.3, 0.4) is 0 Å². The molecule has 3 aromatic carbocycles. The third kappa shape index (κ3) is 5.27. The predicted molar refractivity (Wildman–Crippen MR) is 124 cm³/mol. The van der Waals surface area contributed by atoms with E-state index >= 15 is 0 Å². The molecule has 1 heterocycles. The van der Waals surface area contributed by atoms with Crippen LogP contribution in [0.2, 0.25) is 5.02 Å². The molecular weight excluding hydrogens is 468 g/mol. The molecule has 4 nitrogen and oxygen atoms in total. The molecule has 0 atom stereocenters. The molecule has 0 aromatic heterocycles. The number of hydrogen-bond acceptors (Lipinski definition) is 3. The summed E-state index contributed by atoms with van der Waals surface area (Å²) >= 11 is 5.89. The Labute approximate surface area is 195 Å². The standard InChI is InChI=1S/C25H18ClF2NO3S/c26-21-7-9-24(10-8-21)33(31,32)29-15-19(11-17-3-1-5-22(27)13-17)25(30)20(16-29)12-18-4-2-6-23(28)14-18/h1-14H,15-16H2/b19-11+,20-12+. The van der Waals surface area contributed by atoms with E-state index in [1.807, 2.05) is 0 Å². The summed E-state index contributed by atoms with van der Waals surface area (Å²) in [5, 5.41) is 0.390. The Hall–Kier alpha value is -3.13. The maximum Gasteiger partial charge on any atom is 0.243 e. The van der Waals surface area contributed by atoms with E-state index in [1.165, 1.54) is 72.8 Å². The summed E-state index contributed by atoms with van der Waals surface area (Å²) in [5.74, 6) is -1.34. The van der Waals surface area contributed by atoms with Crippen molar-refractivity contribution in [3.05, 3.63) is 112 Å². The number of hydrogen-bond donors (Lipinski definition) is 0. The van der Waals surface area contributed by atoms with Gasteiger partial charge >= 0.3 is 0 Å². The fourth-order valence-corrected chi connectivity index (χ4v) is 5.05. The molecule has 33 heavy (non-hydrogen) atoms. The lowest BCUT2D eigenvalue weighted by atomic mass is 9.95. The summed E-state index contributed by atoms with van der Waals surface area (Å²) in [4.78, 5) is 13.2. The molecule has 0 bridgehead atoms. The van der Waals surface area contributed by atoms with Crippen molar-refractivity contribution in [3.8, 4) is 0 Å². The van der Waals surface area contributed by atoms with Gasteiger partial charge in [-0.2, -0.15) is 4.31 Å². The Kier molecular flexibility index (Phi) is 6.56. The Balaban J connectivity index is 1.79. The Morgan fingerprint density at radius 2 is 1.27 bits per heavy atom. The van der Waals surface area contributed by atoms with Crippen molar-refractivity contribution in [2.75, 3.05) is 13.1 Å². The number of halogens is 3. The Bertz CT molecular complexity index is 1320. The maximum atomic E-state index is 13.7. The fourth-order valence-electron chi connectivity index (χ4n) is 3.53. The number of sulfonamides is 1. The van der Waals surface area contributed by atoms with Gasteiger partial charge < -0.3 is 0 Å². The van der Waals surface area contributed by atoms with Crippen LogP contribution in [-0.2, 0) is 14.8 Å². The average Bonchev–Trinajstić information content (AvgIpc) is 2.77. The van der Waals surface area contributed by atoms with Crippen LogP contribution in [0.4, 0.5) is 8.78 Å². The monoisotopic (exact) mass is 485 g/mol. The van der Waals surface area contributed by atoms with E-state index in [0.29, 0.717) is 16.1 Å². The minimum absolute atomic E-state index is 0.0245. The lowest BCUT2D eigenvalue weighted by molar-refractivity contribution is -0.113. The molecule has 168 valence electrons. The van der Waals surface area contributed by atoms with Crippen molar-refractivity contribution >= 4 is 39.6 Å². The first-order chi connectivity index (χ1) is 15.7. The quantitative estimate of drug-likeness (QED) is 0.467. The molecule has 0 saturated carbocycles.